The lowest BCUT2D eigenvalue weighted by Crippen LogP contribution is -2.20. The van der Waals surface area contributed by atoms with Crippen LogP contribution in [0.4, 0.5) is 10.6 Å². The molecule has 7 nitrogen and oxygen atoms in total. The van der Waals surface area contributed by atoms with Crippen LogP contribution in [-0.4, -0.2) is 26.0 Å². The van der Waals surface area contributed by atoms with Crippen molar-refractivity contribution in [2.45, 2.75) is 6.92 Å². The van der Waals surface area contributed by atoms with E-state index in [1.54, 1.807) is 29.7 Å². The molecule has 0 aliphatic carbocycles. The first-order valence-electron chi connectivity index (χ1n) is 5.74. The topological polar surface area (TPSA) is 107 Å². The van der Waals surface area contributed by atoms with Gasteiger partial charge in [-0.05, 0) is 19.1 Å². The zero-order chi connectivity index (χ0) is 14.1. The standard InChI is InChI=1S/C12H10N6OS/c1-6-15-9(5-20-6)8-4-14-7-2-3-10(18-12(13)19)17-11(7)16-8/h2-5H,1H3,(H3,13,16,17,18,19). The Morgan fingerprint density at radius 2 is 2.10 bits per heavy atom. The average molecular weight is 286 g/mol. The van der Waals surface area contributed by atoms with Crippen molar-refractivity contribution in [2.75, 3.05) is 5.32 Å². The van der Waals surface area contributed by atoms with Gasteiger partial charge in [0.15, 0.2) is 5.65 Å². The number of thiazole rings is 1. The predicted molar refractivity (Wildman–Crippen MR) is 76.4 cm³/mol. The maximum atomic E-state index is 10.8. The zero-order valence-corrected chi connectivity index (χ0v) is 11.3. The second-order valence-corrected chi connectivity index (χ2v) is 5.10. The third kappa shape index (κ3) is 2.41. The number of fused-ring (bicyclic) bond motifs is 1. The molecule has 2 amide bonds. The van der Waals surface area contributed by atoms with Gasteiger partial charge in [-0.15, -0.1) is 11.3 Å². The summed E-state index contributed by atoms with van der Waals surface area (Å²) in [5.41, 5.74) is 7.53. The molecule has 0 saturated carbocycles. The fraction of sp³-hybridized carbons (Fsp3) is 0.0833. The van der Waals surface area contributed by atoms with E-state index >= 15 is 0 Å². The minimum absolute atomic E-state index is 0.339. The molecule has 0 atom stereocenters. The number of carbonyl (C=O) groups excluding carboxylic acids is 1. The molecule has 3 heterocycles. The first-order valence-corrected chi connectivity index (χ1v) is 6.62. The highest BCUT2D eigenvalue weighted by Gasteiger charge is 2.08. The number of carbonyl (C=O) groups is 1. The summed E-state index contributed by atoms with van der Waals surface area (Å²) in [7, 11) is 0. The summed E-state index contributed by atoms with van der Waals surface area (Å²) in [5.74, 6) is 0.339. The molecule has 100 valence electrons. The van der Waals surface area contributed by atoms with Crippen molar-refractivity contribution in [1.29, 1.82) is 0 Å². The van der Waals surface area contributed by atoms with Crippen LogP contribution in [0.3, 0.4) is 0 Å². The highest BCUT2D eigenvalue weighted by Crippen LogP contribution is 2.21. The number of hydrogen-bond acceptors (Lipinski definition) is 6. The van der Waals surface area contributed by atoms with E-state index in [1.165, 1.54) is 0 Å². The molecule has 0 saturated heterocycles. The van der Waals surface area contributed by atoms with E-state index in [0.717, 1.165) is 10.7 Å². The second kappa shape index (κ2) is 4.82. The highest BCUT2D eigenvalue weighted by molar-refractivity contribution is 7.09. The lowest BCUT2D eigenvalue weighted by Gasteiger charge is -2.03. The molecule has 3 aromatic heterocycles. The fourth-order valence-electron chi connectivity index (χ4n) is 1.70. The van der Waals surface area contributed by atoms with Gasteiger partial charge in [0.25, 0.3) is 0 Å². The molecule has 3 rings (SSSR count). The third-order valence-electron chi connectivity index (χ3n) is 2.54. The zero-order valence-electron chi connectivity index (χ0n) is 10.5. The molecule has 0 bridgehead atoms. The summed E-state index contributed by atoms with van der Waals surface area (Å²) in [6, 6.07) is 2.67. The largest absolute Gasteiger partial charge is 0.351 e. The summed E-state index contributed by atoms with van der Waals surface area (Å²) >= 11 is 1.54. The van der Waals surface area contributed by atoms with Crippen molar-refractivity contribution in [3.8, 4) is 11.4 Å². The van der Waals surface area contributed by atoms with Gasteiger partial charge in [0.1, 0.15) is 22.7 Å². The van der Waals surface area contributed by atoms with Crippen LogP contribution in [0, 0.1) is 6.92 Å². The Balaban J connectivity index is 2.06. The number of rotatable bonds is 2. The summed E-state index contributed by atoms with van der Waals surface area (Å²) < 4.78 is 0. The first kappa shape index (κ1) is 12.4. The number of pyridine rings is 1. The number of nitrogens with one attached hydrogen (secondary N) is 1. The van der Waals surface area contributed by atoms with E-state index in [-0.39, 0.29) is 0 Å². The van der Waals surface area contributed by atoms with Gasteiger partial charge in [0.2, 0.25) is 0 Å². The number of hydrogen-bond donors (Lipinski definition) is 2. The second-order valence-electron chi connectivity index (χ2n) is 4.04. The summed E-state index contributed by atoms with van der Waals surface area (Å²) in [5, 5.41) is 5.28. The van der Waals surface area contributed by atoms with Gasteiger partial charge in [-0.2, -0.15) is 0 Å². The minimum Gasteiger partial charge on any atom is -0.351 e. The minimum atomic E-state index is -0.670. The SMILES string of the molecule is Cc1nc(-c2cnc3ccc(NC(N)=O)nc3n2)cs1. The van der Waals surface area contributed by atoms with Gasteiger partial charge < -0.3 is 5.73 Å². The van der Waals surface area contributed by atoms with Crippen LogP contribution < -0.4 is 11.1 Å². The van der Waals surface area contributed by atoms with Crippen LogP contribution in [0.5, 0.6) is 0 Å². The van der Waals surface area contributed by atoms with Crippen molar-refractivity contribution in [2.24, 2.45) is 5.73 Å². The number of primary amides is 1. The molecule has 0 aliphatic heterocycles. The molecule has 20 heavy (non-hydrogen) atoms. The smallest absolute Gasteiger partial charge is 0.317 e. The predicted octanol–water partition coefficient (Wildman–Crippen LogP) is 1.95. The Hall–Kier alpha value is -2.61. The third-order valence-corrected chi connectivity index (χ3v) is 3.31. The van der Waals surface area contributed by atoms with Crippen molar-refractivity contribution < 1.29 is 4.79 Å². The van der Waals surface area contributed by atoms with Crippen LogP contribution in [-0.2, 0) is 0 Å². The number of amides is 2. The lowest BCUT2D eigenvalue weighted by atomic mass is 10.3. The van der Waals surface area contributed by atoms with Crippen LogP contribution in [0.2, 0.25) is 0 Å². The maximum Gasteiger partial charge on any atom is 0.317 e. The molecule has 0 unspecified atom stereocenters. The maximum absolute atomic E-state index is 10.8. The Morgan fingerprint density at radius 3 is 2.80 bits per heavy atom. The van der Waals surface area contributed by atoms with Gasteiger partial charge in [-0.3, -0.25) is 10.3 Å². The average Bonchev–Trinajstić information content (AvgIpc) is 2.84. The van der Waals surface area contributed by atoms with E-state index in [0.29, 0.717) is 22.7 Å². The van der Waals surface area contributed by atoms with E-state index in [1.807, 2.05) is 12.3 Å². The van der Waals surface area contributed by atoms with Crippen molar-refractivity contribution in [3.63, 3.8) is 0 Å². The Morgan fingerprint density at radius 1 is 1.25 bits per heavy atom. The Bertz CT molecular complexity index is 799. The summed E-state index contributed by atoms with van der Waals surface area (Å²) in [6.07, 6.45) is 1.65. The van der Waals surface area contributed by atoms with E-state index < -0.39 is 6.03 Å². The van der Waals surface area contributed by atoms with E-state index in [9.17, 15) is 4.79 Å². The molecule has 8 heteroatoms. The monoisotopic (exact) mass is 286 g/mol. The molecule has 3 N–H and O–H groups in total. The Kier molecular flexibility index (Phi) is 2.99. The summed E-state index contributed by atoms with van der Waals surface area (Å²) in [4.78, 5) is 28.1. The molecule has 3 aromatic rings. The molecule has 0 radical (unpaired) electrons. The van der Waals surface area contributed by atoms with Gasteiger partial charge in [0, 0.05) is 5.38 Å². The molecule has 0 aliphatic rings. The molecule has 0 aromatic carbocycles. The summed E-state index contributed by atoms with van der Waals surface area (Å²) in [6.45, 7) is 1.93. The van der Waals surface area contributed by atoms with Crippen LogP contribution >= 0.6 is 11.3 Å². The van der Waals surface area contributed by atoms with Gasteiger partial charge in [0.05, 0.1) is 11.2 Å². The molecular weight excluding hydrogens is 276 g/mol. The highest BCUT2D eigenvalue weighted by atomic mass is 32.1. The number of anilines is 1. The molecule has 0 fully saturated rings. The molecule has 0 spiro atoms. The van der Waals surface area contributed by atoms with E-state index in [4.69, 9.17) is 5.73 Å². The van der Waals surface area contributed by atoms with Crippen LogP contribution in [0.25, 0.3) is 22.6 Å². The van der Waals surface area contributed by atoms with Crippen molar-refractivity contribution in [3.05, 3.63) is 28.7 Å². The van der Waals surface area contributed by atoms with Gasteiger partial charge >= 0.3 is 6.03 Å². The van der Waals surface area contributed by atoms with Gasteiger partial charge in [-0.1, -0.05) is 0 Å². The van der Waals surface area contributed by atoms with Crippen molar-refractivity contribution >= 4 is 34.3 Å². The quantitative estimate of drug-likeness (QED) is 0.748. The van der Waals surface area contributed by atoms with Crippen LogP contribution in [0.1, 0.15) is 5.01 Å². The first-order chi connectivity index (χ1) is 9.61. The van der Waals surface area contributed by atoms with Gasteiger partial charge in [-0.25, -0.2) is 19.7 Å². The fourth-order valence-corrected chi connectivity index (χ4v) is 2.30. The van der Waals surface area contributed by atoms with Crippen LogP contribution in [0.15, 0.2) is 23.7 Å². The number of aromatic nitrogens is 4. The number of urea groups is 1. The Labute approximate surface area is 117 Å². The van der Waals surface area contributed by atoms with E-state index in [2.05, 4.69) is 25.3 Å². The number of aryl methyl sites for hydroxylation is 1. The number of nitrogens with zero attached hydrogens (tertiary/aromatic N) is 4. The normalized spacial score (nSPS) is 10.7. The molecular formula is C12H10N6OS. The lowest BCUT2D eigenvalue weighted by molar-refractivity contribution is 0.259. The number of nitrogens with two attached hydrogens (primary N) is 1. The van der Waals surface area contributed by atoms with Crippen molar-refractivity contribution in [1.82, 2.24) is 19.9 Å².